The molecule has 21 heavy (non-hydrogen) atoms. The van der Waals surface area contributed by atoms with Crippen LogP contribution in [-0.2, 0) is 4.79 Å². The summed E-state index contributed by atoms with van der Waals surface area (Å²) in [4.78, 5) is 14.4. The molecule has 4 nitrogen and oxygen atoms in total. The lowest BCUT2D eigenvalue weighted by molar-refractivity contribution is -0.137. The lowest BCUT2D eigenvalue weighted by atomic mass is 9.92. The minimum atomic E-state index is -0.350. The monoisotopic (exact) mass is 290 g/mol. The van der Waals surface area contributed by atoms with E-state index < -0.39 is 0 Å². The lowest BCUT2D eigenvalue weighted by Crippen LogP contribution is -2.54. The number of nitrogens with one attached hydrogen (secondary N) is 1. The fourth-order valence-electron chi connectivity index (χ4n) is 2.92. The van der Waals surface area contributed by atoms with Gasteiger partial charge in [0.15, 0.2) is 0 Å². The first-order valence-corrected chi connectivity index (χ1v) is 7.78. The number of carbonyl (C=O) groups excluding carboxylic acids is 1. The molecule has 1 amide bonds. The summed E-state index contributed by atoms with van der Waals surface area (Å²) in [6.07, 6.45) is 2.85. The molecule has 1 saturated heterocycles. The van der Waals surface area contributed by atoms with Crippen molar-refractivity contribution in [1.82, 2.24) is 10.2 Å². The number of ether oxygens (including phenoxy) is 1. The number of nitrogens with zero attached hydrogens (tertiary/aromatic N) is 1. The van der Waals surface area contributed by atoms with Gasteiger partial charge in [0.05, 0.1) is 12.1 Å². The number of hydrogen-bond donors (Lipinski definition) is 1. The van der Waals surface area contributed by atoms with Crippen LogP contribution in [0.25, 0.3) is 0 Å². The first kappa shape index (κ1) is 15.8. The third-order valence-corrected chi connectivity index (χ3v) is 4.38. The van der Waals surface area contributed by atoms with E-state index in [1.54, 1.807) is 4.90 Å². The second-order valence-electron chi connectivity index (χ2n) is 5.81. The van der Waals surface area contributed by atoms with Crippen molar-refractivity contribution in [3.05, 3.63) is 29.8 Å². The predicted octanol–water partition coefficient (Wildman–Crippen LogP) is 2.36. The molecule has 0 saturated carbocycles. The maximum Gasteiger partial charge on any atom is 0.242 e. The molecule has 1 aromatic rings. The van der Waals surface area contributed by atoms with E-state index in [-0.39, 0.29) is 11.4 Å². The van der Waals surface area contributed by atoms with Crippen LogP contribution in [0.1, 0.15) is 31.7 Å². The van der Waals surface area contributed by atoms with Gasteiger partial charge in [-0.3, -0.25) is 4.79 Å². The second kappa shape index (κ2) is 6.94. The quantitative estimate of drug-likeness (QED) is 0.874. The number of rotatable bonds is 6. The molecule has 1 fully saturated rings. The Kier molecular flexibility index (Phi) is 5.23. The molecule has 1 aromatic carbocycles. The number of aryl methyl sites for hydroxylation is 1. The Morgan fingerprint density at radius 2 is 2.19 bits per heavy atom. The zero-order valence-electron chi connectivity index (χ0n) is 13.3. The number of carbonyl (C=O) groups is 1. The highest BCUT2D eigenvalue weighted by Crippen LogP contribution is 2.25. The highest BCUT2D eigenvalue weighted by atomic mass is 16.5. The molecular formula is C17H26N2O2. The van der Waals surface area contributed by atoms with Crippen molar-refractivity contribution in [2.24, 2.45) is 0 Å². The van der Waals surface area contributed by atoms with E-state index in [1.165, 1.54) is 0 Å². The predicted molar refractivity (Wildman–Crippen MR) is 84.6 cm³/mol. The highest BCUT2D eigenvalue weighted by Gasteiger charge is 2.40. The smallest absolute Gasteiger partial charge is 0.242 e. The van der Waals surface area contributed by atoms with Crippen molar-refractivity contribution in [3.8, 4) is 5.75 Å². The molecule has 1 aliphatic heterocycles. The summed E-state index contributed by atoms with van der Waals surface area (Å²) in [5.74, 6) is 1.08. The molecule has 4 heteroatoms. The lowest BCUT2D eigenvalue weighted by Gasteiger charge is -2.31. The third-order valence-electron chi connectivity index (χ3n) is 4.38. The molecule has 0 aromatic heterocycles. The van der Waals surface area contributed by atoms with Crippen LogP contribution < -0.4 is 10.1 Å². The minimum absolute atomic E-state index is 0.191. The van der Waals surface area contributed by atoms with E-state index in [2.05, 4.69) is 12.2 Å². The molecule has 0 radical (unpaired) electrons. The van der Waals surface area contributed by atoms with Gasteiger partial charge in [0, 0.05) is 7.05 Å². The molecule has 1 atom stereocenters. The van der Waals surface area contributed by atoms with Gasteiger partial charge in [-0.25, -0.2) is 0 Å². The average Bonchev–Trinajstić information content (AvgIpc) is 2.98. The van der Waals surface area contributed by atoms with Gasteiger partial charge in [0.2, 0.25) is 5.91 Å². The Bertz CT molecular complexity index is 481. The van der Waals surface area contributed by atoms with Gasteiger partial charge in [-0.05, 0) is 44.4 Å². The van der Waals surface area contributed by atoms with Crippen molar-refractivity contribution < 1.29 is 9.53 Å². The molecule has 1 heterocycles. The fourth-order valence-corrected chi connectivity index (χ4v) is 2.92. The first-order chi connectivity index (χ1) is 10.1. The van der Waals surface area contributed by atoms with Crippen molar-refractivity contribution >= 4 is 5.91 Å². The van der Waals surface area contributed by atoms with Gasteiger partial charge >= 0.3 is 0 Å². The molecule has 2 rings (SSSR count). The second-order valence-corrected chi connectivity index (χ2v) is 5.81. The maximum atomic E-state index is 12.6. The van der Waals surface area contributed by atoms with Gasteiger partial charge in [-0.1, -0.05) is 25.1 Å². The van der Waals surface area contributed by atoms with Gasteiger partial charge in [0.25, 0.3) is 0 Å². The number of hydrogen-bond acceptors (Lipinski definition) is 3. The number of para-hydroxylation sites is 1. The zero-order chi connectivity index (χ0) is 15.3. The van der Waals surface area contributed by atoms with E-state index in [9.17, 15) is 4.79 Å². The van der Waals surface area contributed by atoms with Gasteiger partial charge in [-0.2, -0.15) is 0 Å². The molecule has 116 valence electrons. The molecule has 1 aliphatic rings. The Morgan fingerprint density at radius 3 is 2.81 bits per heavy atom. The minimum Gasteiger partial charge on any atom is -0.491 e. The Labute approximate surface area is 127 Å². The van der Waals surface area contributed by atoms with E-state index in [1.807, 2.05) is 38.2 Å². The summed E-state index contributed by atoms with van der Waals surface area (Å²) in [5, 5.41) is 3.39. The summed E-state index contributed by atoms with van der Waals surface area (Å²) >= 11 is 0. The van der Waals surface area contributed by atoms with Crippen LogP contribution in [0, 0.1) is 6.92 Å². The summed E-state index contributed by atoms with van der Waals surface area (Å²) in [6, 6.07) is 7.95. The maximum absolute atomic E-state index is 12.6. The summed E-state index contributed by atoms with van der Waals surface area (Å²) in [6.45, 7) is 6.17. The third kappa shape index (κ3) is 3.56. The molecular weight excluding hydrogens is 264 g/mol. The standard InChI is InChI=1S/C17H26N2O2/c1-4-17(10-7-11-18-17)16(20)19(3)12-13-21-15-9-6-5-8-14(15)2/h5-6,8-9,18H,4,7,10-13H2,1-3H3. The van der Waals surface area contributed by atoms with Crippen LogP contribution in [0.2, 0.25) is 0 Å². The van der Waals surface area contributed by atoms with Gasteiger partial charge in [0.1, 0.15) is 12.4 Å². The average molecular weight is 290 g/mol. The van der Waals surface area contributed by atoms with E-state index >= 15 is 0 Å². The van der Waals surface area contributed by atoms with E-state index in [0.717, 1.165) is 37.1 Å². The van der Waals surface area contributed by atoms with E-state index in [0.29, 0.717) is 13.2 Å². The molecule has 1 N–H and O–H groups in total. The largest absolute Gasteiger partial charge is 0.491 e. The van der Waals surface area contributed by atoms with Crippen LogP contribution in [0.15, 0.2) is 24.3 Å². The van der Waals surface area contributed by atoms with Crippen LogP contribution in [0.3, 0.4) is 0 Å². The summed E-state index contributed by atoms with van der Waals surface area (Å²) < 4.78 is 5.77. The van der Waals surface area contributed by atoms with Gasteiger partial charge in [-0.15, -0.1) is 0 Å². The molecule has 1 unspecified atom stereocenters. The molecule has 0 bridgehead atoms. The van der Waals surface area contributed by atoms with Crippen LogP contribution in [-0.4, -0.2) is 43.1 Å². The number of likely N-dealkylation sites (N-methyl/N-ethyl adjacent to an activating group) is 1. The zero-order valence-corrected chi connectivity index (χ0v) is 13.3. The highest BCUT2D eigenvalue weighted by molar-refractivity contribution is 5.86. The topological polar surface area (TPSA) is 41.6 Å². The van der Waals surface area contributed by atoms with Crippen LogP contribution >= 0.6 is 0 Å². The SMILES string of the molecule is CCC1(C(=O)N(C)CCOc2ccccc2C)CCCN1. The Hall–Kier alpha value is -1.55. The fraction of sp³-hybridized carbons (Fsp3) is 0.588. The molecule has 0 aliphatic carbocycles. The summed E-state index contributed by atoms with van der Waals surface area (Å²) in [7, 11) is 1.86. The summed E-state index contributed by atoms with van der Waals surface area (Å²) in [5.41, 5.74) is 0.770. The van der Waals surface area contributed by atoms with Crippen molar-refractivity contribution in [2.75, 3.05) is 26.7 Å². The number of benzene rings is 1. The Balaban J connectivity index is 1.85. The number of amides is 1. The molecule has 0 spiro atoms. The van der Waals surface area contributed by atoms with Crippen LogP contribution in [0.4, 0.5) is 0 Å². The van der Waals surface area contributed by atoms with Crippen molar-refractivity contribution in [3.63, 3.8) is 0 Å². The Morgan fingerprint density at radius 1 is 1.43 bits per heavy atom. The normalized spacial score (nSPS) is 21.3. The first-order valence-electron chi connectivity index (χ1n) is 7.78. The van der Waals surface area contributed by atoms with Crippen molar-refractivity contribution in [2.45, 2.75) is 38.6 Å². The van der Waals surface area contributed by atoms with Gasteiger partial charge < -0.3 is 15.0 Å². The van der Waals surface area contributed by atoms with Crippen molar-refractivity contribution in [1.29, 1.82) is 0 Å². The van der Waals surface area contributed by atoms with E-state index in [4.69, 9.17) is 4.74 Å². The van der Waals surface area contributed by atoms with Crippen LogP contribution in [0.5, 0.6) is 5.75 Å².